The van der Waals surface area contributed by atoms with Crippen molar-refractivity contribution < 1.29 is 22.7 Å². The summed E-state index contributed by atoms with van der Waals surface area (Å²) in [5.74, 6) is 0.138. The largest absolute Gasteiger partial charge is 0.496 e. The fourth-order valence-corrected chi connectivity index (χ4v) is 2.47. The summed E-state index contributed by atoms with van der Waals surface area (Å²) >= 11 is 0. The molecule has 1 heterocycles. The summed E-state index contributed by atoms with van der Waals surface area (Å²) in [6.07, 6.45) is -4.43. The van der Waals surface area contributed by atoms with Crippen LogP contribution in [0.3, 0.4) is 0 Å². The van der Waals surface area contributed by atoms with E-state index in [1.807, 2.05) is 0 Å². The van der Waals surface area contributed by atoms with Gasteiger partial charge in [-0.15, -0.1) is 0 Å². The van der Waals surface area contributed by atoms with Crippen LogP contribution in [0, 0.1) is 6.92 Å². The molecule has 2 aromatic rings. The molecule has 1 aromatic carbocycles. The monoisotopic (exact) mass is 368 g/mol. The molecule has 140 valence electrons. The van der Waals surface area contributed by atoms with Crippen molar-refractivity contribution in [2.75, 3.05) is 13.7 Å². The number of aromatic nitrogens is 1. The third-order valence-electron chi connectivity index (χ3n) is 3.85. The number of pyridine rings is 1. The number of halogens is 3. The van der Waals surface area contributed by atoms with Crippen molar-refractivity contribution in [3.05, 3.63) is 63.6 Å². The first-order valence-electron chi connectivity index (χ1n) is 7.89. The van der Waals surface area contributed by atoms with Gasteiger partial charge in [-0.05, 0) is 30.7 Å². The highest BCUT2D eigenvalue weighted by Crippen LogP contribution is 2.29. The van der Waals surface area contributed by atoms with Gasteiger partial charge in [-0.2, -0.15) is 13.2 Å². The lowest BCUT2D eigenvalue weighted by Crippen LogP contribution is -2.32. The molecule has 0 unspecified atom stereocenters. The van der Waals surface area contributed by atoms with Gasteiger partial charge in [-0.1, -0.05) is 12.1 Å². The van der Waals surface area contributed by atoms with Crippen LogP contribution in [-0.2, 0) is 23.9 Å². The summed E-state index contributed by atoms with van der Waals surface area (Å²) in [4.78, 5) is 23.9. The van der Waals surface area contributed by atoms with Gasteiger partial charge in [0.15, 0.2) is 0 Å². The Kier molecular flexibility index (Phi) is 6.07. The number of aryl methyl sites for hydroxylation is 1. The van der Waals surface area contributed by atoms with E-state index in [-0.39, 0.29) is 31.0 Å². The van der Waals surface area contributed by atoms with Crippen LogP contribution in [-0.4, -0.2) is 24.1 Å². The summed E-state index contributed by atoms with van der Waals surface area (Å²) in [6.45, 7) is 2.27. The summed E-state index contributed by atoms with van der Waals surface area (Å²) in [7, 11) is 1.47. The van der Waals surface area contributed by atoms with Crippen LogP contribution in [0.1, 0.15) is 16.8 Å². The Hall–Kier alpha value is -2.77. The van der Waals surface area contributed by atoms with Gasteiger partial charge in [-0.3, -0.25) is 9.59 Å². The molecule has 0 fully saturated rings. The predicted octanol–water partition coefficient (Wildman–Crippen LogP) is 2.54. The van der Waals surface area contributed by atoms with Crippen molar-refractivity contribution in [1.29, 1.82) is 0 Å². The molecule has 2 rings (SSSR count). The lowest BCUT2D eigenvalue weighted by Gasteiger charge is -2.12. The van der Waals surface area contributed by atoms with Gasteiger partial charge >= 0.3 is 6.18 Å². The topological polar surface area (TPSA) is 60.3 Å². The van der Waals surface area contributed by atoms with E-state index < -0.39 is 11.7 Å². The van der Waals surface area contributed by atoms with E-state index in [0.717, 1.165) is 12.1 Å². The van der Waals surface area contributed by atoms with Crippen molar-refractivity contribution in [1.82, 2.24) is 9.88 Å². The summed E-state index contributed by atoms with van der Waals surface area (Å²) in [5.41, 5.74) is 0.189. The SMILES string of the molecule is COc1cc(C)n(CCNC(=O)Cc2ccc(C(F)(F)F)cc2)c(=O)c1. The van der Waals surface area contributed by atoms with Gasteiger partial charge in [0.1, 0.15) is 5.75 Å². The number of carbonyl (C=O) groups excluding carboxylic acids is 1. The molecule has 8 heteroatoms. The van der Waals surface area contributed by atoms with Crippen LogP contribution in [0.4, 0.5) is 13.2 Å². The van der Waals surface area contributed by atoms with Gasteiger partial charge in [0.2, 0.25) is 5.91 Å². The molecule has 0 aliphatic rings. The van der Waals surface area contributed by atoms with E-state index in [2.05, 4.69) is 5.32 Å². The number of carbonyl (C=O) groups is 1. The quantitative estimate of drug-likeness (QED) is 0.853. The minimum Gasteiger partial charge on any atom is -0.496 e. The van der Waals surface area contributed by atoms with Crippen LogP contribution in [0.15, 0.2) is 41.2 Å². The highest BCUT2D eigenvalue weighted by Gasteiger charge is 2.29. The fraction of sp³-hybridized carbons (Fsp3) is 0.333. The average molecular weight is 368 g/mol. The Bertz CT molecular complexity index is 827. The van der Waals surface area contributed by atoms with E-state index in [9.17, 15) is 22.8 Å². The minimum absolute atomic E-state index is 0.0331. The van der Waals surface area contributed by atoms with E-state index in [0.29, 0.717) is 17.0 Å². The second kappa shape index (κ2) is 8.07. The molecule has 1 aromatic heterocycles. The van der Waals surface area contributed by atoms with Crippen molar-refractivity contribution in [2.24, 2.45) is 0 Å². The van der Waals surface area contributed by atoms with Gasteiger partial charge in [0.25, 0.3) is 5.56 Å². The van der Waals surface area contributed by atoms with Crippen LogP contribution in [0.25, 0.3) is 0 Å². The summed E-state index contributed by atoms with van der Waals surface area (Å²) in [6, 6.07) is 7.52. The van der Waals surface area contributed by atoms with E-state index >= 15 is 0 Å². The van der Waals surface area contributed by atoms with Crippen LogP contribution in [0.5, 0.6) is 5.75 Å². The molecule has 0 saturated heterocycles. The molecule has 0 bridgehead atoms. The number of amides is 1. The number of alkyl halides is 3. The summed E-state index contributed by atoms with van der Waals surface area (Å²) in [5, 5.41) is 2.66. The number of hydrogen-bond acceptors (Lipinski definition) is 3. The van der Waals surface area contributed by atoms with Crippen molar-refractivity contribution in [2.45, 2.75) is 26.1 Å². The van der Waals surface area contributed by atoms with Crippen molar-refractivity contribution >= 4 is 5.91 Å². The standard InChI is InChI=1S/C18H19F3N2O3/c1-12-9-15(26-2)11-17(25)23(12)8-7-22-16(24)10-13-3-5-14(6-4-13)18(19,20)21/h3-6,9,11H,7-8,10H2,1-2H3,(H,22,24). The average Bonchev–Trinajstić information content (AvgIpc) is 2.56. The predicted molar refractivity (Wildman–Crippen MR) is 90.1 cm³/mol. The Balaban J connectivity index is 1.89. The molecule has 0 radical (unpaired) electrons. The molecule has 0 spiro atoms. The molecule has 1 N–H and O–H groups in total. The highest BCUT2D eigenvalue weighted by molar-refractivity contribution is 5.78. The zero-order chi connectivity index (χ0) is 19.3. The Morgan fingerprint density at radius 3 is 2.38 bits per heavy atom. The Labute approximate surface area is 148 Å². The maximum atomic E-state index is 12.5. The molecule has 0 saturated carbocycles. The molecule has 1 amide bonds. The first kappa shape index (κ1) is 19.6. The third-order valence-corrected chi connectivity index (χ3v) is 3.85. The molecular weight excluding hydrogens is 349 g/mol. The highest BCUT2D eigenvalue weighted by atomic mass is 19.4. The smallest absolute Gasteiger partial charge is 0.416 e. The van der Waals surface area contributed by atoms with Crippen LogP contribution >= 0.6 is 0 Å². The fourth-order valence-electron chi connectivity index (χ4n) is 2.47. The molecule has 0 atom stereocenters. The second-order valence-electron chi connectivity index (χ2n) is 5.75. The van der Waals surface area contributed by atoms with Crippen LogP contribution in [0.2, 0.25) is 0 Å². The number of nitrogens with one attached hydrogen (secondary N) is 1. The first-order valence-corrected chi connectivity index (χ1v) is 7.89. The van der Waals surface area contributed by atoms with Gasteiger partial charge in [0, 0.05) is 24.8 Å². The maximum absolute atomic E-state index is 12.5. The first-order chi connectivity index (χ1) is 12.2. The number of hydrogen-bond donors (Lipinski definition) is 1. The van der Waals surface area contributed by atoms with E-state index in [1.54, 1.807) is 13.0 Å². The van der Waals surface area contributed by atoms with Crippen molar-refractivity contribution in [3.8, 4) is 5.75 Å². The van der Waals surface area contributed by atoms with Crippen molar-refractivity contribution in [3.63, 3.8) is 0 Å². The normalized spacial score (nSPS) is 11.3. The number of rotatable bonds is 6. The Morgan fingerprint density at radius 2 is 1.85 bits per heavy atom. The third kappa shape index (κ3) is 5.11. The lowest BCUT2D eigenvalue weighted by molar-refractivity contribution is -0.137. The molecule has 26 heavy (non-hydrogen) atoms. The second-order valence-corrected chi connectivity index (χ2v) is 5.75. The number of methoxy groups -OCH3 is 1. The maximum Gasteiger partial charge on any atom is 0.416 e. The zero-order valence-electron chi connectivity index (χ0n) is 14.4. The molecular formula is C18H19F3N2O3. The number of ether oxygens (including phenoxy) is 1. The zero-order valence-corrected chi connectivity index (χ0v) is 14.4. The Morgan fingerprint density at radius 1 is 1.19 bits per heavy atom. The number of benzene rings is 1. The van der Waals surface area contributed by atoms with E-state index in [4.69, 9.17) is 4.74 Å². The lowest BCUT2D eigenvalue weighted by atomic mass is 10.1. The van der Waals surface area contributed by atoms with E-state index in [1.165, 1.54) is 29.9 Å². The van der Waals surface area contributed by atoms with Crippen LogP contribution < -0.4 is 15.6 Å². The van der Waals surface area contributed by atoms with Gasteiger partial charge in [0.05, 0.1) is 19.1 Å². The van der Waals surface area contributed by atoms with Gasteiger partial charge in [-0.25, -0.2) is 0 Å². The van der Waals surface area contributed by atoms with Gasteiger partial charge < -0.3 is 14.6 Å². The molecule has 5 nitrogen and oxygen atoms in total. The summed E-state index contributed by atoms with van der Waals surface area (Å²) < 4.78 is 44.0. The number of nitrogens with zero attached hydrogens (tertiary/aromatic N) is 1. The molecule has 0 aliphatic heterocycles. The minimum atomic E-state index is -4.40. The molecule has 0 aliphatic carbocycles.